The molecule has 2 aliphatic heterocycles. The molecule has 2 heterocycles. The first-order valence-electron chi connectivity index (χ1n) is 10.7. The first-order chi connectivity index (χ1) is 15.4. The van der Waals surface area contributed by atoms with Crippen LogP contribution in [-0.2, 0) is 24.0 Å². The number of carboxylic acid groups (broad SMARTS) is 1. The van der Waals surface area contributed by atoms with Gasteiger partial charge in [0, 0.05) is 44.6 Å². The van der Waals surface area contributed by atoms with Crippen LogP contribution in [0.25, 0.3) is 0 Å². The molecule has 176 valence electrons. The van der Waals surface area contributed by atoms with E-state index < -0.39 is 23.3 Å². The van der Waals surface area contributed by atoms with E-state index in [-0.39, 0.29) is 37.2 Å². The zero-order valence-corrected chi connectivity index (χ0v) is 18.5. The van der Waals surface area contributed by atoms with Crippen LogP contribution >= 0.6 is 11.9 Å². The Morgan fingerprint density at radius 1 is 1.38 bits per heavy atom. The van der Waals surface area contributed by atoms with Crippen molar-refractivity contribution >= 4 is 42.3 Å². The van der Waals surface area contributed by atoms with Crippen molar-refractivity contribution in [1.82, 2.24) is 25.8 Å². The highest BCUT2D eigenvalue weighted by molar-refractivity contribution is 8.02. The Hall–Kier alpha value is -2.28. The van der Waals surface area contributed by atoms with Crippen LogP contribution in [0.5, 0.6) is 0 Å². The van der Waals surface area contributed by atoms with Crippen LogP contribution in [0, 0.1) is 11.8 Å². The molecule has 0 radical (unpaired) electrons. The van der Waals surface area contributed by atoms with Gasteiger partial charge in [0.2, 0.25) is 5.91 Å². The number of aldehydes is 2. The topological polar surface area (TPSA) is 157 Å². The number of hydrazine groups is 1. The number of hydrogen-bond acceptors (Lipinski definition) is 9. The first-order valence-corrected chi connectivity index (χ1v) is 11.5. The lowest BCUT2D eigenvalue weighted by molar-refractivity contribution is -0.139. The second-order valence-electron chi connectivity index (χ2n) is 8.31. The summed E-state index contributed by atoms with van der Waals surface area (Å²) in [5, 5.41) is 16.4. The minimum Gasteiger partial charge on any atom is -0.481 e. The van der Waals surface area contributed by atoms with Gasteiger partial charge in [-0.15, -0.1) is 0 Å². The number of carbonyl (C=O) groups is 5. The number of carbonyl (C=O) groups excluding carboxylic acids is 4. The summed E-state index contributed by atoms with van der Waals surface area (Å²) in [5.41, 5.74) is 2.12. The van der Waals surface area contributed by atoms with Gasteiger partial charge in [0.1, 0.15) is 12.6 Å². The van der Waals surface area contributed by atoms with Crippen LogP contribution in [0.3, 0.4) is 0 Å². The number of hydrogen-bond donors (Lipinski definition) is 5. The molecule has 0 aromatic carbocycles. The van der Waals surface area contributed by atoms with Gasteiger partial charge in [-0.25, -0.2) is 5.43 Å². The minimum absolute atomic E-state index is 0.105. The zero-order chi connectivity index (χ0) is 23.1. The van der Waals surface area contributed by atoms with Crippen LogP contribution in [0.4, 0.5) is 0 Å². The molecule has 4 atom stereocenters. The fourth-order valence-electron chi connectivity index (χ4n) is 3.86. The Labute approximate surface area is 190 Å². The lowest BCUT2D eigenvalue weighted by Gasteiger charge is -2.35. The lowest BCUT2D eigenvalue weighted by Crippen LogP contribution is -2.56. The van der Waals surface area contributed by atoms with E-state index in [0.29, 0.717) is 37.2 Å². The Kier molecular flexibility index (Phi) is 8.40. The fraction of sp³-hybridized carbons (Fsp3) is 0.650. The molecule has 3 rings (SSSR count). The van der Waals surface area contributed by atoms with E-state index in [2.05, 4.69) is 20.8 Å². The summed E-state index contributed by atoms with van der Waals surface area (Å²) in [4.78, 5) is 59.0. The molecular formula is C20H29N5O6S. The summed E-state index contributed by atoms with van der Waals surface area (Å²) in [5.74, 6) is -2.54. The molecule has 2 amide bonds. The molecule has 0 aromatic heterocycles. The van der Waals surface area contributed by atoms with Crippen molar-refractivity contribution in [2.45, 2.75) is 43.7 Å². The third-order valence-electron chi connectivity index (χ3n) is 5.99. The highest BCUT2D eigenvalue weighted by Crippen LogP contribution is 2.41. The van der Waals surface area contributed by atoms with E-state index in [1.165, 1.54) is 17.0 Å². The van der Waals surface area contributed by atoms with Gasteiger partial charge < -0.3 is 25.3 Å². The summed E-state index contributed by atoms with van der Waals surface area (Å²) < 4.78 is 2.95. The predicted molar refractivity (Wildman–Crippen MR) is 116 cm³/mol. The zero-order valence-electron chi connectivity index (χ0n) is 17.7. The van der Waals surface area contributed by atoms with E-state index in [4.69, 9.17) is 5.11 Å². The minimum atomic E-state index is -1.01. The molecule has 4 unspecified atom stereocenters. The van der Waals surface area contributed by atoms with Gasteiger partial charge in [-0.3, -0.25) is 24.1 Å². The molecular weight excluding hydrogens is 438 g/mol. The van der Waals surface area contributed by atoms with Crippen molar-refractivity contribution in [2.75, 3.05) is 26.2 Å². The highest BCUT2D eigenvalue weighted by atomic mass is 32.2. The molecule has 12 heteroatoms. The third-order valence-corrected chi connectivity index (χ3v) is 6.87. The summed E-state index contributed by atoms with van der Waals surface area (Å²) in [6.45, 7) is 1.70. The molecule has 3 aliphatic rings. The third kappa shape index (κ3) is 6.15. The molecule has 1 saturated heterocycles. The molecule has 11 nitrogen and oxygen atoms in total. The van der Waals surface area contributed by atoms with Crippen LogP contribution in [-0.4, -0.2) is 78.2 Å². The van der Waals surface area contributed by atoms with Crippen LogP contribution in [0.2, 0.25) is 0 Å². The van der Waals surface area contributed by atoms with Gasteiger partial charge in [-0.1, -0.05) is 0 Å². The average Bonchev–Trinajstić information content (AvgIpc) is 3.28. The summed E-state index contributed by atoms with van der Waals surface area (Å²) in [6.07, 6.45) is 5.50. The van der Waals surface area contributed by atoms with Crippen molar-refractivity contribution in [2.24, 2.45) is 11.8 Å². The number of aliphatic carboxylic acids is 1. The first kappa shape index (κ1) is 24.4. The summed E-state index contributed by atoms with van der Waals surface area (Å²) in [7, 11) is 0. The van der Waals surface area contributed by atoms with Crippen LogP contribution < -0.4 is 20.8 Å². The molecule has 0 spiro atoms. The second kappa shape index (κ2) is 11.0. The maximum absolute atomic E-state index is 12.6. The normalized spacial score (nSPS) is 27.9. The van der Waals surface area contributed by atoms with Crippen molar-refractivity contribution in [1.29, 1.82) is 0 Å². The van der Waals surface area contributed by atoms with E-state index in [1.54, 1.807) is 6.08 Å². The summed E-state index contributed by atoms with van der Waals surface area (Å²) >= 11 is 1.25. The smallest absolute Gasteiger partial charge is 0.308 e. The monoisotopic (exact) mass is 467 g/mol. The van der Waals surface area contributed by atoms with Crippen LogP contribution in [0.1, 0.15) is 32.1 Å². The maximum Gasteiger partial charge on any atom is 0.308 e. The van der Waals surface area contributed by atoms with Gasteiger partial charge in [-0.2, -0.15) is 0 Å². The highest BCUT2D eigenvalue weighted by Gasteiger charge is 2.59. The molecule has 1 aliphatic carbocycles. The Bertz CT molecular complexity index is 792. The molecule has 0 aromatic rings. The quantitative estimate of drug-likeness (QED) is 0.177. The van der Waals surface area contributed by atoms with E-state index in [1.807, 2.05) is 0 Å². The van der Waals surface area contributed by atoms with Gasteiger partial charge in [0.25, 0.3) is 5.91 Å². The van der Waals surface area contributed by atoms with Crippen molar-refractivity contribution < 1.29 is 29.1 Å². The Balaban J connectivity index is 1.39. The van der Waals surface area contributed by atoms with Gasteiger partial charge in [-0.05, 0) is 43.7 Å². The van der Waals surface area contributed by atoms with E-state index in [0.717, 1.165) is 19.1 Å². The Morgan fingerprint density at radius 2 is 2.19 bits per heavy atom. The van der Waals surface area contributed by atoms with E-state index >= 15 is 0 Å². The number of carboxylic acids is 1. The van der Waals surface area contributed by atoms with Crippen molar-refractivity contribution in [3.05, 3.63) is 11.0 Å². The van der Waals surface area contributed by atoms with Gasteiger partial charge in [0.15, 0.2) is 0 Å². The van der Waals surface area contributed by atoms with Gasteiger partial charge in [0.05, 0.1) is 16.4 Å². The molecule has 32 heavy (non-hydrogen) atoms. The summed E-state index contributed by atoms with van der Waals surface area (Å²) in [6, 6.07) is -0.105. The molecule has 0 bridgehead atoms. The van der Waals surface area contributed by atoms with Gasteiger partial charge >= 0.3 is 5.97 Å². The second-order valence-corrected chi connectivity index (χ2v) is 9.24. The molecule has 5 N–H and O–H groups in total. The predicted octanol–water partition coefficient (Wildman–Crippen LogP) is -1.04. The SMILES string of the molecule is O=CC(CCC(=O)N1CCCC(CNC2(C=O)CC2C(=O)O)N1)CNC(=O)C1=CCNS1. The number of nitrogens with one attached hydrogen (secondary N) is 4. The number of amides is 2. The Morgan fingerprint density at radius 3 is 2.81 bits per heavy atom. The van der Waals surface area contributed by atoms with E-state index in [9.17, 15) is 24.0 Å². The number of rotatable bonds is 12. The lowest BCUT2D eigenvalue weighted by atomic mass is 10.0. The average molecular weight is 468 g/mol. The number of nitrogens with zero attached hydrogens (tertiary/aromatic N) is 1. The van der Waals surface area contributed by atoms with Crippen molar-refractivity contribution in [3.8, 4) is 0 Å². The van der Waals surface area contributed by atoms with Crippen LogP contribution in [0.15, 0.2) is 11.0 Å². The fourth-order valence-corrected chi connectivity index (χ4v) is 4.52. The molecule has 1 saturated carbocycles. The van der Waals surface area contributed by atoms with Crippen molar-refractivity contribution in [3.63, 3.8) is 0 Å². The largest absolute Gasteiger partial charge is 0.481 e. The standard InChI is InChI=1S/C20H29N5O6S/c26-11-13(9-21-18(29)16-5-6-23-32-16)3-4-17(28)25-7-1-2-14(24-25)10-22-20(12-27)8-15(20)19(30)31/h5,11-15,22-24H,1-4,6-10H2,(H,21,29)(H,30,31). The maximum atomic E-state index is 12.6. The molecule has 2 fully saturated rings.